The van der Waals surface area contributed by atoms with Gasteiger partial charge in [-0.05, 0) is 18.6 Å². The summed E-state index contributed by atoms with van der Waals surface area (Å²) in [6.45, 7) is 0.0421. The van der Waals surface area contributed by atoms with Crippen LogP contribution in [0.4, 0.5) is 0 Å². The molecule has 2 rings (SSSR count). The highest BCUT2D eigenvalue weighted by Gasteiger charge is 2.60. The zero-order valence-corrected chi connectivity index (χ0v) is 9.65. The van der Waals surface area contributed by atoms with Crippen LogP contribution in [0.25, 0.3) is 0 Å². The highest BCUT2D eigenvalue weighted by Crippen LogP contribution is 2.51. The number of nitrogens with two attached hydrogens (primary N) is 1. The van der Waals surface area contributed by atoms with Crippen molar-refractivity contribution in [3.05, 3.63) is 30.3 Å². The summed E-state index contributed by atoms with van der Waals surface area (Å²) in [5.41, 5.74) is 4.90. The fourth-order valence-electron chi connectivity index (χ4n) is 1.97. The molecule has 88 valence electrons. The number of benzene rings is 1. The van der Waals surface area contributed by atoms with Gasteiger partial charge in [-0.1, -0.05) is 18.2 Å². The topological polar surface area (TPSA) is 80.4 Å². The average Bonchev–Trinajstić information content (AvgIpc) is 3.06. The van der Waals surface area contributed by atoms with E-state index in [-0.39, 0.29) is 13.2 Å². The Kier molecular flexibility index (Phi) is 2.77. The predicted molar refractivity (Wildman–Crippen MR) is 60.6 cm³/mol. The van der Waals surface area contributed by atoms with Crippen molar-refractivity contribution in [2.45, 2.75) is 16.6 Å². The minimum absolute atomic E-state index is 0.166. The lowest BCUT2D eigenvalue weighted by Crippen LogP contribution is -2.27. The molecule has 5 heteroatoms. The van der Waals surface area contributed by atoms with Crippen LogP contribution in [-0.4, -0.2) is 31.9 Å². The second kappa shape index (κ2) is 3.84. The highest BCUT2D eigenvalue weighted by atomic mass is 32.2. The Morgan fingerprint density at radius 3 is 2.44 bits per heavy atom. The predicted octanol–water partition coefficient (Wildman–Crippen LogP) is 0.170. The van der Waals surface area contributed by atoms with Crippen LogP contribution in [0.3, 0.4) is 0 Å². The van der Waals surface area contributed by atoms with E-state index in [2.05, 4.69) is 0 Å². The maximum absolute atomic E-state index is 12.2. The van der Waals surface area contributed by atoms with Crippen molar-refractivity contribution >= 4 is 9.84 Å². The molecule has 1 aromatic rings. The van der Waals surface area contributed by atoms with Crippen LogP contribution < -0.4 is 5.73 Å². The van der Waals surface area contributed by atoms with Crippen molar-refractivity contribution in [2.75, 3.05) is 13.2 Å². The van der Waals surface area contributed by atoms with E-state index in [1.807, 2.05) is 0 Å². The van der Waals surface area contributed by atoms with Crippen LogP contribution in [0.1, 0.15) is 6.42 Å². The van der Waals surface area contributed by atoms with E-state index >= 15 is 0 Å². The normalized spacial score (nSPS) is 29.0. The van der Waals surface area contributed by atoms with Crippen LogP contribution >= 0.6 is 0 Å². The summed E-state index contributed by atoms with van der Waals surface area (Å²) in [5, 5.41) is 8.66. The van der Waals surface area contributed by atoms with Gasteiger partial charge in [0.15, 0.2) is 9.84 Å². The van der Waals surface area contributed by atoms with Gasteiger partial charge < -0.3 is 10.8 Å². The van der Waals surface area contributed by atoms with Gasteiger partial charge in [0, 0.05) is 12.0 Å². The van der Waals surface area contributed by atoms with Crippen molar-refractivity contribution < 1.29 is 13.5 Å². The Morgan fingerprint density at radius 1 is 1.38 bits per heavy atom. The fourth-order valence-corrected chi connectivity index (χ4v) is 4.21. The van der Waals surface area contributed by atoms with E-state index in [1.54, 1.807) is 30.3 Å². The van der Waals surface area contributed by atoms with E-state index in [4.69, 9.17) is 5.73 Å². The molecular formula is C11H15NO3S. The Morgan fingerprint density at radius 2 is 2.00 bits per heavy atom. The standard InChI is InChI=1S/C11H15NO3S/c12-7-11(8-13)6-10(11)16(14,15)9-4-2-1-3-5-9/h1-5,10,13H,6-8,12H2/t10-,11-/m0/s1. The smallest absolute Gasteiger partial charge is 0.181 e. The van der Waals surface area contributed by atoms with Crippen molar-refractivity contribution in [1.82, 2.24) is 0 Å². The first-order chi connectivity index (χ1) is 7.57. The molecule has 4 nitrogen and oxygen atoms in total. The minimum Gasteiger partial charge on any atom is -0.396 e. The third kappa shape index (κ3) is 1.65. The molecule has 0 heterocycles. The molecule has 1 aliphatic rings. The second-order valence-corrected chi connectivity index (χ2v) is 6.41. The number of hydrogen-bond acceptors (Lipinski definition) is 4. The molecule has 0 spiro atoms. The van der Waals surface area contributed by atoms with Crippen molar-refractivity contribution in [2.24, 2.45) is 11.1 Å². The van der Waals surface area contributed by atoms with Gasteiger partial charge in [0.1, 0.15) is 0 Å². The van der Waals surface area contributed by atoms with Gasteiger partial charge in [0.2, 0.25) is 0 Å². The Labute approximate surface area is 95.0 Å². The fraction of sp³-hybridized carbons (Fsp3) is 0.455. The van der Waals surface area contributed by atoms with E-state index in [9.17, 15) is 13.5 Å². The number of hydrogen-bond donors (Lipinski definition) is 2. The summed E-state index contributed by atoms with van der Waals surface area (Å²) in [7, 11) is -3.34. The van der Waals surface area contributed by atoms with Crippen molar-refractivity contribution in [1.29, 1.82) is 0 Å². The zero-order chi connectivity index (χ0) is 11.8. The molecule has 0 radical (unpaired) electrons. The highest BCUT2D eigenvalue weighted by molar-refractivity contribution is 7.92. The first kappa shape index (κ1) is 11.6. The van der Waals surface area contributed by atoms with Gasteiger partial charge in [0.05, 0.1) is 16.8 Å². The maximum Gasteiger partial charge on any atom is 0.181 e. The molecule has 0 aliphatic heterocycles. The molecule has 0 unspecified atom stereocenters. The molecule has 3 N–H and O–H groups in total. The lowest BCUT2D eigenvalue weighted by Gasteiger charge is -2.11. The SMILES string of the molecule is NC[C@]1(CO)C[C@@H]1S(=O)(=O)c1ccccc1. The maximum atomic E-state index is 12.2. The summed E-state index contributed by atoms with van der Waals surface area (Å²) in [6, 6.07) is 8.31. The van der Waals surface area contributed by atoms with Gasteiger partial charge in [-0.15, -0.1) is 0 Å². The van der Waals surface area contributed by atoms with Crippen molar-refractivity contribution in [3.63, 3.8) is 0 Å². The Hall–Kier alpha value is -0.910. The van der Waals surface area contributed by atoms with E-state index in [0.29, 0.717) is 11.3 Å². The molecule has 1 fully saturated rings. The van der Waals surface area contributed by atoms with E-state index in [1.165, 1.54) is 0 Å². The molecular weight excluding hydrogens is 226 g/mol. The van der Waals surface area contributed by atoms with Gasteiger partial charge in [-0.2, -0.15) is 0 Å². The molecule has 0 bridgehead atoms. The summed E-state index contributed by atoms with van der Waals surface area (Å²) in [4.78, 5) is 0.309. The third-order valence-electron chi connectivity index (χ3n) is 3.28. The quantitative estimate of drug-likeness (QED) is 0.787. The molecule has 0 saturated heterocycles. The van der Waals surface area contributed by atoms with Crippen molar-refractivity contribution in [3.8, 4) is 0 Å². The number of aliphatic hydroxyl groups excluding tert-OH is 1. The summed E-state index contributed by atoms with van der Waals surface area (Å²) < 4.78 is 24.3. The van der Waals surface area contributed by atoms with Crippen LogP contribution in [0.15, 0.2) is 35.2 Å². The van der Waals surface area contributed by atoms with Gasteiger partial charge in [-0.3, -0.25) is 0 Å². The summed E-state index contributed by atoms with van der Waals surface area (Å²) >= 11 is 0. The molecule has 2 atom stereocenters. The Bertz CT molecular complexity index is 465. The minimum atomic E-state index is -3.34. The zero-order valence-electron chi connectivity index (χ0n) is 8.83. The molecule has 1 aliphatic carbocycles. The summed E-state index contributed by atoms with van der Waals surface area (Å²) in [6.07, 6.45) is 0.456. The first-order valence-corrected chi connectivity index (χ1v) is 6.71. The third-order valence-corrected chi connectivity index (χ3v) is 5.63. The number of rotatable bonds is 4. The van der Waals surface area contributed by atoms with Crippen LogP contribution in [0, 0.1) is 5.41 Å². The second-order valence-electron chi connectivity index (χ2n) is 4.28. The van der Waals surface area contributed by atoms with Gasteiger partial charge >= 0.3 is 0 Å². The van der Waals surface area contributed by atoms with Gasteiger partial charge in [0.25, 0.3) is 0 Å². The van der Waals surface area contributed by atoms with Crippen LogP contribution in [0.5, 0.6) is 0 Å². The largest absolute Gasteiger partial charge is 0.396 e. The number of aliphatic hydroxyl groups is 1. The first-order valence-electron chi connectivity index (χ1n) is 5.17. The Balaban J connectivity index is 2.30. The molecule has 0 aromatic heterocycles. The van der Waals surface area contributed by atoms with Crippen LogP contribution in [0.2, 0.25) is 0 Å². The monoisotopic (exact) mass is 241 g/mol. The molecule has 1 saturated carbocycles. The average molecular weight is 241 g/mol. The van der Waals surface area contributed by atoms with Crippen LogP contribution in [-0.2, 0) is 9.84 Å². The lowest BCUT2D eigenvalue weighted by atomic mass is 10.1. The lowest BCUT2D eigenvalue weighted by molar-refractivity contribution is 0.217. The molecule has 1 aromatic carbocycles. The molecule has 0 amide bonds. The number of sulfone groups is 1. The summed E-state index contributed by atoms with van der Waals surface area (Å²) in [5.74, 6) is 0. The molecule has 16 heavy (non-hydrogen) atoms. The van der Waals surface area contributed by atoms with E-state index < -0.39 is 20.5 Å². The van der Waals surface area contributed by atoms with E-state index in [0.717, 1.165) is 0 Å². The van der Waals surface area contributed by atoms with Gasteiger partial charge in [-0.25, -0.2) is 8.42 Å².